The van der Waals surface area contributed by atoms with Crippen molar-refractivity contribution in [3.05, 3.63) is 35.9 Å². The second kappa shape index (κ2) is 6.78. The first-order chi connectivity index (χ1) is 9.26. The van der Waals surface area contributed by atoms with Crippen LogP contribution in [0.4, 0.5) is 0 Å². The molecule has 1 saturated heterocycles. The van der Waals surface area contributed by atoms with E-state index in [1.54, 1.807) is 0 Å². The van der Waals surface area contributed by atoms with Gasteiger partial charge in [-0.1, -0.05) is 50.1 Å². The first-order valence-corrected chi connectivity index (χ1v) is 7.51. The molecule has 1 fully saturated rings. The average molecular weight is 255 g/mol. The van der Waals surface area contributed by atoms with E-state index >= 15 is 0 Å². The van der Waals surface area contributed by atoms with Gasteiger partial charge in [0.05, 0.1) is 6.04 Å². The summed E-state index contributed by atoms with van der Waals surface area (Å²) in [6, 6.07) is 11.0. The third kappa shape index (κ3) is 3.39. The fraction of sp³-hybridized carbons (Fsp3) is 0.556. The highest BCUT2D eigenvalue weighted by Crippen LogP contribution is 2.29. The van der Waals surface area contributed by atoms with E-state index in [4.69, 9.17) is 6.42 Å². The van der Waals surface area contributed by atoms with Crippen molar-refractivity contribution in [2.45, 2.75) is 45.1 Å². The second-order valence-electron chi connectivity index (χ2n) is 5.76. The molecule has 1 nitrogen and oxygen atoms in total. The number of hydrogen-bond donors (Lipinski definition) is 0. The van der Waals surface area contributed by atoms with Crippen LogP contribution >= 0.6 is 0 Å². The summed E-state index contributed by atoms with van der Waals surface area (Å²) in [6.07, 6.45) is 9.52. The third-order valence-electron chi connectivity index (χ3n) is 4.43. The topological polar surface area (TPSA) is 3.24 Å². The van der Waals surface area contributed by atoms with E-state index in [1.165, 1.54) is 18.4 Å². The molecular formula is C18H25N. The summed E-state index contributed by atoms with van der Waals surface area (Å²) in [4.78, 5) is 2.52. The van der Waals surface area contributed by atoms with Crippen LogP contribution < -0.4 is 0 Å². The fourth-order valence-corrected chi connectivity index (χ4v) is 3.12. The number of likely N-dealkylation sites (tertiary alicyclic amines) is 1. The average Bonchev–Trinajstić information content (AvgIpc) is 2.47. The van der Waals surface area contributed by atoms with E-state index in [2.05, 4.69) is 55.0 Å². The van der Waals surface area contributed by atoms with Crippen LogP contribution in [0.1, 0.15) is 44.6 Å². The lowest BCUT2D eigenvalue weighted by molar-refractivity contribution is 0.148. The molecule has 102 valence electrons. The summed E-state index contributed by atoms with van der Waals surface area (Å²) in [5, 5.41) is 0. The van der Waals surface area contributed by atoms with Gasteiger partial charge in [0.15, 0.2) is 0 Å². The second-order valence-corrected chi connectivity index (χ2v) is 5.76. The number of hydrogen-bond acceptors (Lipinski definition) is 1. The van der Waals surface area contributed by atoms with Crippen molar-refractivity contribution in [1.82, 2.24) is 4.90 Å². The molecule has 1 aromatic carbocycles. The van der Waals surface area contributed by atoms with Crippen LogP contribution in [0, 0.1) is 18.3 Å². The molecule has 0 N–H and O–H groups in total. The predicted molar refractivity (Wildman–Crippen MR) is 82.1 cm³/mol. The van der Waals surface area contributed by atoms with Crippen LogP contribution in [0.5, 0.6) is 0 Å². The van der Waals surface area contributed by atoms with Gasteiger partial charge in [-0.05, 0) is 43.8 Å². The minimum absolute atomic E-state index is 0.250. The quantitative estimate of drug-likeness (QED) is 0.737. The largest absolute Gasteiger partial charge is 0.289 e. The molecule has 0 spiro atoms. The van der Waals surface area contributed by atoms with Gasteiger partial charge in [-0.2, -0.15) is 0 Å². The van der Waals surface area contributed by atoms with Crippen LogP contribution in [0.2, 0.25) is 0 Å². The van der Waals surface area contributed by atoms with Gasteiger partial charge in [0, 0.05) is 5.92 Å². The van der Waals surface area contributed by atoms with Gasteiger partial charge in [0.25, 0.3) is 0 Å². The molecule has 0 radical (unpaired) electrons. The summed E-state index contributed by atoms with van der Waals surface area (Å²) in [5.41, 5.74) is 1.38. The maximum atomic E-state index is 5.86. The molecule has 2 atom stereocenters. The Morgan fingerprint density at radius 1 is 1.26 bits per heavy atom. The lowest BCUT2D eigenvalue weighted by atomic mass is 9.86. The smallest absolute Gasteiger partial charge is 0.0781 e. The van der Waals surface area contributed by atoms with Gasteiger partial charge >= 0.3 is 0 Å². The van der Waals surface area contributed by atoms with Crippen molar-refractivity contribution in [3.63, 3.8) is 0 Å². The minimum Gasteiger partial charge on any atom is -0.289 e. The lowest BCUT2D eigenvalue weighted by Gasteiger charge is -2.38. The molecule has 2 rings (SSSR count). The van der Waals surface area contributed by atoms with Gasteiger partial charge in [-0.25, -0.2) is 0 Å². The van der Waals surface area contributed by atoms with Gasteiger partial charge in [0.2, 0.25) is 0 Å². The van der Waals surface area contributed by atoms with Crippen molar-refractivity contribution in [2.75, 3.05) is 13.1 Å². The normalized spacial score (nSPS) is 20.7. The number of benzene rings is 1. The SMILES string of the molecule is C#CC(C(CC)c1ccccc1)N1CCC(C)CC1. The molecule has 0 bridgehead atoms. The zero-order chi connectivity index (χ0) is 13.7. The molecule has 0 aromatic heterocycles. The van der Waals surface area contributed by atoms with Crippen LogP contribution in [0.15, 0.2) is 30.3 Å². The van der Waals surface area contributed by atoms with E-state index in [-0.39, 0.29) is 6.04 Å². The number of rotatable bonds is 4. The first kappa shape index (κ1) is 14.2. The van der Waals surface area contributed by atoms with E-state index in [0.717, 1.165) is 25.4 Å². The lowest BCUT2D eigenvalue weighted by Crippen LogP contribution is -2.43. The molecule has 2 unspecified atom stereocenters. The summed E-state index contributed by atoms with van der Waals surface area (Å²) in [7, 11) is 0. The van der Waals surface area contributed by atoms with Crippen LogP contribution in [0.25, 0.3) is 0 Å². The van der Waals surface area contributed by atoms with Crippen molar-refractivity contribution in [3.8, 4) is 12.3 Å². The van der Waals surface area contributed by atoms with Gasteiger partial charge in [-0.15, -0.1) is 6.42 Å². The van der Waals surface area contributed by atoms with Crippen molar-refractivity contribution < 1.29 is 0 Å². The Hall–Kier alpha value is -1.26. The summed E-state index contributed by atoms with van der Waals surface area (Å²) in [6.45, 7) is 6.89. The van der Waals surface area contributed by atoms with Crippen LogP contribution in [-0.2, 0) is 0 Å². The first-order valence-electron chi connectivity index (χ1n) is 7.51. The molecule has 19 heavy (non-hydrogen) atoms. The Labute approximate surface area is 118 Å². The highest BCUT2D eigenvalue weighted by atomic mass is 15.2. The number of piperidine rings is 1. The predicted octanol–water partition coefficient (Wildman–Crippen LogP) is 3.91. The van der Waals surface area contributed by atoms with Crippen molar-refractivity contribution in [1.29, 1.82) is 0 Å². The Kier molecular flexibility index (Phi) is 5.05. The molecule has 1 heterocycles. The Morgan fingerprint density at radius 3 is 2.42 bits per heavy atom. The monoisotopic (exact) mass is 255 g/mol. The molecule has 1 heteroatoms. The summed E-state index contributed by atoms with van der Waals surface area (Å²) >= 11 is 0. The zero-order valence-corrected chi connectivity index (χ0v) is 12.2. The number of terminal acetylenes is 1. The Morgan fingerprint density at radius 2 is 1.89 bits per heavy atom. The number of nitrogens with zero attached hydrogens (tertiary/aromatic N) is 1. The molecule has 1 aliphatic heterocycles. The maximum Gasteiger partial charge on any atom is 0.0781 e. The maximum absolute atomic E-state index is 5.86. The molecule has 0 amide bonds. The highest BCUT2D eigenvalue weighted by molar-refractivity contribution is 5.25. The minimum atomic E-state index is 0.250. The third-order valence-corrected chi connectivity index (χ3v) is 4.43. The van der Waals surface area contributed by atoms with Crippen LogP contribution in [-0.4, -0.2) is 24.0 Å². The van der Waals surface area contributed by atoms with Crippen molar-refractivity contribution >= 4 is 0 Å². The summed E-state index contributed by atoms with van der Waals surface area (Å²) < 4.78 is 0. The highest BCUT2D eigenvalue weighted by Gasteiger charge is 2.28. The van der Waals surface area contributed by atoms with Crippen molar-refractivity contribution in [2.24, 2.45) is 5.92 Å². The van der Waals surface area contributed by atoms with Gasteiger partial charge < -0.3 is 0 Å². The molecule has 1 aromatic rings. The summed E-state index contributed by atoms with van der Waals surface area (Å²) in [5.74, 6) is 4.37. The van der Waals surface area contributed by atoms with Crippen LogP contribution in [0.3, 0.4) is 0 Å². The van der Waals surface area contributed by atoms with E-state index in [1.807, 2.05) is 0 Å². The van der Waals surface area contributed by atoms with E-state index < -0.39 is 0 Å². The standard InChI is InChI=1S/C18H25N/c1-4-17(16-9-7-6-8-10-16)18(5-2)19-13-11-15(3)12-14-19/h2,6-10,15,17-18H,4,11-14H2,1,3H3. The molecule has 0 aliphatic carbocycles. The van der Waals surface area contributed by atoms with E-state index in [9.17, 15) is 0 Å². The fourth-order valence-electron chi connectivity index (χ4n) is 3.12. The molecular weight excluding hydrogens is 230 g/mol. The van der Waals surface area contributed by atoms with E-state index in [0.29, 0.717) is 5.92 Å². The Bertz CT molecular complexity index is 409. The van der Waals surface area contributed by atoms with Gasteiger partial charge in [-0.3, -0.25) is 4.90 Å². The van der Waals surface area contributed by atoms with Gasteiger partial charge in [0.1, 0.15) is 0 Å². The zero-order valence-electron chi connectivity index (χ0n) is 12.2. The molecule has 1 aliphatic rings. The molecule has 0 saturated carbocycles. The Balaban J connectivity index is 2.13.